The lowest BCUT2D eigenvalue weighted by Crippen LogP contribution is -2.28. The Labute approximate surface area is 161 Å². The van der Waals surface area contributed by atoms with Gasteiger partial charge in [-0.2, -0.15) is 0 Å². The summed E-state index contributed by atoms with van der Waals surface area (Å²) in [5, 5.41) is 0. The molecule has 0 radical (unpaired) electrons. The molecule has 0 spiro atoms. The summed E-state index contributed by atoms with van der Waals surface area (Å²) in [6, 6.07) is 30.5. The molecule has 1 heteroatoms. The summed E-state index contributed by atoms with van der Waals surface area (Å²) in [5.74, 6) is 0. The van der Waals surface area contributed by atoms with Crippen molar-refractivity contribution in [3.8, 4) is 0 Å². The number of hydrogen-bond acceptors (Lipinski definition) is 1. The minimum atomic E-state index is -0.309. The van der Waals surface area contributed by atoms with Crippen LogP contribution in [-0.2, 0) is 5.41 Å². The number of benzene rings is 3. The lowest BCUT2D eigenvalue weighted by Gasteiger charge is -2.34. The topological polar surface area (TPSA) is 26.0 Å². The number of hydrogen-bond donors (Lipinski definition) is 1. The Morgan fingerprint density at radius 3 is 1.85 bits per heavy atom. The summed E-state index contributed by atoms with van der Waals surface area (Å²) in [4.78, 5) is 0. The molecule has 3 aromatic rings. The second-order valence-electron chi connectivity index (χ2n) is 6.91. The van der Waals surface area contributed by atoms with Crippen molar-refractivity contribution in [2.75, 3.05) is 6.54 Å². The molecule has 0 atom stereocenters. The zero-order chi connectivity index (χ0) is 18.7. The number of nitrogens with two attached hydrogens (primary N) is 1. The summed E-state index contributed by atoms with van der Waals surface area (Å²) < 4.78 is 0. The van der Waals surface area contributed by atoms with Gasteiger partial charge in [-0.25, -0.2) is 0 Å². The van der Waals surface area contributed by atoms with Gasteiger partial charge in [-0.3, -0.25) is 0 Å². The highest BCUT2D eigenvalue weighted by atomic mass is 14.5. The van der Waals surface area contributed by atoms with Crippen molar-refractivity contribution >= 4 is 5.57 Å². The fraction of sp³-hybridized carbons (Fsp3) is 0.154. The average Bonchev–Trinajstić information content (AvgIpc) is 3.01. The Kier molecular flexibility index (Phi) is 4.79. The first-order valence-electron chi connectivity index (χ1n) is 9.66. The van der Waals surface area contributed by atoms with Crippen molar-refractivity contribution in [2.24, 2.45) is 5.73 Å². The minimum absolute atomic E-state index is 0.309. The van der Waals surface area contributed by atoms with E-state index >= 15 is 0 Å². The van der Waals surface area contributed by atoms with Crippen LogP contribution < -0.4 is 5.73 Å². The maximum absolute atomic E-state index is 5.99. The number of rotatable bonds is 4. The van der Waals surface area contributed by atoms with Gasteiger partial charge in [0.15, 0.2) is 0 Å². The summed E-state index contributed by atoms with van der Waals surface area (Å²) in [5.41, 5.74) is 13.5. The minimum Gasteiger partial charge on any atom is -0.327 e. The van der Waals surface area contributed by atoms with E-state index in [1.165, 1.54) is 33.4 Å². The smallest absolute Gasteiger partial charge is 0.0710 e. The van der Waals surface area contributed by atoms with Crippen molar-refractivity contribution in [2.45, 2.75) is 18.8 Å². The van der Waals surface area contributed by atoms with E-state index < -0.39 is 0 Å². The Morgan fingerprint density at radius 2 is 1.30 bits per heavy atom. The van der Waals surface area contributed by atoms with Gasteiger partial charge >= 0.3 is 0 Å². The van der Waals surface area contributed by atoms with E-state index in [1.807, 2.05) is 0 Å². The van der Waals surface area contributed by atoms with Crippen LogP contribution in [0.15, 0.2) is 103 Å². The van der Waals surface area contributed by atoms with Crippen molar-refractivity contribution in [1.29, 1.82) is 0 Å². The van der Waals surface area contributed by atoms with Crippen molar-refractivity contribution in [3.05, 3.63) is 125 Å². The van der Waals surface area contributed by atoms with E-state index in [0.29, 0.717) is 6.54 Å². The van der Waals surface area contributed by atoms with Gasteiger partial charge in [0, 0.05) is 6.54 Å². The van der Waals surface area contributed by atoms with Gasteiger partial charge in [0.25, 0.3) is 0 Å². The van der Waals surface area contributed by atoms with Gasteiger partial charge in [-0.15, -0.1) is 0 Å². The summed E-state index contributed by atoms with van der Waals surface area (Å²) in [6.07, 6.45) is 5.53. The molecule has 0 saturated heterocycles. The molecular formula is C26H25N. The molecule has 27 heavy (non-hydrogen) atoms. The predicted molar refractivity (Wildman–Crippen MR) is 115 cm³/mol. The largest absolute Gasteiger partial charge is 0.327 e. The van der Waals surface area contributed by atoms with E-state index in [-0.39, 0.29) is 5.41 Å². The van der Waals surface area contributed by atoms with E-state index in [9.17, 15) is 0 Å². The second kappa shape index (κ2) is 7.38. The highest BCUT2D eigenvalue weighted by Gasteiger charge is 2.47. The molecule has 134 valence electrons. The Hall–Kier alpha value is -2.90. The normalized spacial score (nSPS) is 18.0. The zero-order valence-electron chi connectivity index (χ0n) is 15.7. The fourth-order valence-corrected chi connectivity index (χ4v) is 4.51. The fourth-order valence-electron chi connectivity index (χ4n) is 4.51. The molecule has 0 unspecified atom stereocenters. The standard InChI is InChI=1S/C26H25N/c1-2-11-24-23(18-19-27)22-16-9-10-17-25(22)26(24,20-12-5-3-6-13-20)21-14-7-4-8-15-21/h3-18H,2,19,27H2,1H3/b23-18-,24-11?. The average molecular weight is 351 g/mol. The molecule has 2 N–H and O–H groups in total. The molecule has 0 saturated carbocycles. The van der Waals surface area contributed by atoms with Gasteiger partial charge in [-0.1, -0.05) is 104 Å². The van der Waals surface area contributed by atoms with Crippen LogP contribution in [0.5, 0.6) is 0 Å². The summed E-state index contributed by atoms with van der Waals surface area (Å²) in [6.45, 7) is 2.74. The molecule has 0 bridgehead atoms. The third-order valence-electron chi connectivity index (χ3n) is 5.46. The Morgan fingerprint density at radius 1 is 0.741 bits per heavy atom. The molecule has 1 aliphatic carbocycles. The lowest BCUT2D eigenvalue weighted by atomic mass is 9.67. The Balaban J connectivity index is 2.17. The highest BCUT2D eigenvalue weighted by Crippen LogP contribution is 2.57. The molecule has 0 heterocycles. The van der Waals surface area contributed by atoms with Crippen LogP contribution >= 0.6 is 0 Å². The third kappa shape index (κ3) is 2.67. The number of allylic oxidation sites excluding steroid dienone is 3. The molecule has 0 aliphatic heterocycles. The SMILES string of the molecule is CCC=C1/C(=C\CN)c2ccccc2C1(c1ccccc1)c1ccccc1. The highest BCUT2D eigenvalue weighted by molar-refractivity contribution is 5.94. The maximum atomic E-state index is 5.99. The van der Waals surface area contributed by atoms with Crippen LogP contribution in [-0.4, -0.2) is 6.54 Å². The summed E-state index contributed by atoms with van der Waals surface area (Å²) in [7, 11) is 0. The van der Waals surface area contributed by atoms with Gasteiger partial charge in [0.05, 0.1) is 5.41 Å². The maximum Gasteiger partial charge on any atom is 0.0710 e. The molecule has 0 amide bonds. The lowest BCUT2D eigenvalue weighted by molar-refractivity contribution is 0.764. The molecule has 0 aromatic heterocycles. The van der Waals surface area contributed by atoms with Crippen LogP contribution in [0.4, 0.5) is 0 Å². The zero-order valence-corrected chi connectivity index (χ0v) is 15.7. The first-order chi connectivity index (χ1) is 13.3. The number of fused-ring (bicyclic) bond motifs is 1. The van der Waals surface area contributed by atoms with Gasteiger partial charge in [0.2, 0.25) is 0 Å². The van der Waals surface area contributed by atoms with Crippen LogP contribution in [0.1, 0.15) is 35.6 Å². The van der Waals surface area contributed by atoms with Gasteiger partial charge in [-0.05, 0) is 39.8 Å². The quantitative estimate of drug-likeness (QED) is 0.640. The predicted octanol–water partition coefficient (Wildman–Crippen LogP) is 5.71. The molecule has 1 nitrogen and oxygen atoms in total. The van der Waals surface area contributed by atoms with Gasteiger partial charge < -0.3 is 5.73 Å². The van der Waals surface area contributed by atoms with Crippen LogP contribution in [0.3, 0.4) is 0 Å². The monoisotopic (exact) mass is 351 g/mol. The van der Waals surface area contributed by atoms with Crippen molar-refractivity contribution in [3.63, 3.8) is 0 Å². The van der Waals surface area contributed by atoms with Crippen LogP contribution in [0.2, 0.25) is 0 Å². The van der Waals surface area contributed by atoms with E-state index in [4.69, 9.17) is 5.73 Å². The van der Waals surface area contributed by atoms with Crippen molar-refractivity contribution in [1.82, 2.24) is 0 Å². The molecular weight excluding hydrogens is 326 g/mol. The molecule has 3 aromatic carbocycles. The first kappa shape index (κ1) is 17.5. The molecule has 4 rings (SSSR count). The molecule has 1 aliphatic rings. The van der Waals surface area contributed by atoms with Crippen LogP contribution in [0.25, 0.3) is 5.57 Å². The summed E-state index contributed by atoms with van der Waals surface area (Å²) >= 11 is 0. The molecule has 0 fully saturated rings. The second-order valence-corrected chi connectivity index (χ2v) is 6.91. The van der Waals surface area contributed by atoms with Gasteiger partial charge in [0.1, 0.15) is 0 Å². The first-order valence-corrected chi connectivity index (χ1v) is 9.66. The Bertz CT molecular complexity index is 941. The third-order valence-corrected chi connectivity index (χ3v) is 5.46. The van der Waals surface area contributed by atoms with E-state index in [2.05, 4.69) is 104 Å². The van der Waals surface area contributed by atoms with E-state index in [1.54, 1.807) is 0 Å². The van der Waals surface area contributed by atoms with Crippen LogP contribution in [0, 0.1) is 0 Å². The van der Waals surface area contributed by atoms with Crippen molar-refractivity contribution < 1.29 is 0 Å². The van der Waals surface area contributed by atoms with E-state index in [0.717, 1.165) is 6.42 Å².